The third kappa shape index (κ3) is 9.97. The summed E-state index contributed by atoms with van der Waals surface area (Å²) >= 11 is 0. The van der Waals surface area contributed by atoms with E-state index in [2.05, 4.69) is 28.8 Å². The molecule has 1 fully saturated rings. The van der Waals surface area contributed by atoms with Crippen molar-refractivity contribution in [2.45, 2.75) is 25.0 Å². The standard InChI is InChI=1S/C24H26N3O13P3/c28-23(16-7-3-1-4-8-16)26-21-14-12-19(22(25-21)27-24(29)17-9-5-2-6-10-17)20-13-11-18(38-20)15-37-42(33,34)40-43(35,36)39-41(30,31)32/h1-10,12,14,18,20H,11,13,15H2,(H,33,34)(H,35,36)(H2,30,31,32)(H2,25,26,27,28,29)/p-3/t18-,20+/m0/s1. The summed E-state index contributed by atoms with van der Waals surface area (Å²) in [5, 5.41) is 5.35. The van der Waals surface area contributed by atoms with E-state index in [-0.39, 0.29) is 24.5 Å². The molecule has 1 aliphatic rings. The van der Waals surface area contributed by atoms with Crippen molar-refractivity contribution in [2.24, 2.45) is 0 Å². The van der Waals surface area contributed by atoms with Crippen LogP contribution in [0.5, 0.6) is 0 Å². The number of rotatable bonds is 12. The number of nitrogens with zero attached hydrogens (tertiary/aromatic N) is 1. The largest absolute Gasteiger partial charge is 0.756 e. The van der Waals surface area contributed by atoms with Gasteiger partial charge in [-0.25, -0.2) is 13.6 Å². The average molecular weight is 654 g/mol. The summed E-state index contributed by atoms with van der Waals surface area (Å²) in [4.78, 5) is 72.3. The maximum Gasteiger partial charge on any atom is 0.280 e. The van der Waals surface area contributed by atoms with Gasteiger partial charge in [0.05, 0.1) is 18.8 Å². The van der Waals surface area contributed by atoms with Crippen LogP contribution in [0.15, 0.2) is 72.8 Å². The van der Waals surface area contributed by atoms with Gasteiger partial charge in [-0.05, 0) is 49.2 Å². The van der Waals surface area contributed by atoms with Crippen LogP contribution in [0.3, 0.4) is 0 Å². The second-order valence-electron chi connectivity index (χ2n) is 8.92. The second-order valence-corrected chi connectivity index (χ2v) is 13.2. The van der Waals surface area contributed by atoms with Crippen LogP contribution in [-0.4, -0.2) is 34.4 Å². The molecule has 0 saturated carbocycles. The minimum Gasteiger partial charge on any atom is -0.756 e. The molecule has 2 amide bonds. The van der Waals surface area contributed by atoms with Crippen LogP contribution in [0.25, 0.3) is 0 Å². The second kappa shape index (κ2) is 13.7. The van der Waals surface area contributed by atoms with E-state index in [4.69, 9.17) is 9.63 Å². The molecule has 19 heteroatoms. The van der Waals surface area contributed by atoms with Crippen molar-refractivity contribution in [1.82, 2.24) is 4.98 Å². The van der Waals surface area contributed by atoms with Crippen LogP contribution >= 0.6 is 23.5 Å². The van der Waals surface area contributed by atoms with E-state index in [0.29, 0.717) is 16.7 Å². The third-order valence-electron chi connectivity index (χ3n) is 5.75. The van der Waals surface area contributed by atoms with Crippen LogP contribution < -0.4 is 25.3 Å². The minimum atomic E-state index is -6.03. The van der Waals surface area contributed by atoms with Gasteiger partial charge < -0.3 is 39.5 Å². The highest BCUT2D eigenvalue weighted by Gasteiger charge is 2.32. The van der Waals surface area contributed by atoms with Crippen LogP contribution in [0.4, 0.5) is 11.6 Å². The molecule has 2 aromatic carbocycles. The number of hydrogen-bond donors (Lipinski definition) is 3. The van der Waals surface area contributed by atoms with E-state index in [0.717, 1.165) is 0 Å². The molecular weight excluding hydrogens is 631 g/mol. The first-order valence-electron chi connectivity index (χ1n) is 12.3. The molecule has 3 N–H and O–H groups in total. The highest BCUT2D eigenvalue weighted by atomic mass is 31.3. The monoisotopic (exact) mass is 654 g/mol. The molecular formula is C24H23N3O13P3-3. The number of phosphoric ester groups is 1. The molecule has 1 aliphatic heterocycles. The predicted molar refractivity (Wildman–Crippen MR) is 143 cm³/mol. The van der Waals surface area contributed by atoms with E-state index in [1.165, 1.54) is 6.07 Å². The van der Waals surface area contributed by atoms with E-state index >= 15 is 0 Å². The highest BCUT2D eigenvalue weighted by molar-refractivity contribution is 7.65. The average Bonchev–Trinajstić information content (AvgIpc) is 3.40. The van der Waals surface area contributed by atoms with Gasteiger partial charge in [-0.2, -0.15) is 0 Å². The summed E-state index contributed by atoms with van der Waals surface area (Å²) in [6.45, 7) is -0.726. The predicted octanol–water partition coefficient (Wildman–Crippen LogP) is 2.25. The molecule has 43 heavy (non-hydrogen) atoms. The van der Waals surface area contributed by atoms with Crippen molar-refractivity contribution in [1.29, 1.82) is 0 Å². The maximum atomic E-state index is 12.9. The first-order valence-corrected chi connectivity index (χ1v) is 16.7. The van der Waals surface area contributed by atoms with Crippen molar-refractivity contribution >= 4 is 46.9 Å². The highest BCUT2D eigenvalue weighted by Crippen LogP contribution is 2.61. The smallest absolute Gasteiger partial charge is 0.280 e. The van der Waals surface area contributed by atoms with E-state index in [9.17, 15) is 38.0 Å². The van der Waals surface area contributed by atoms with Gasteiger partial charge in [-0.1, -0.05) is 36.4 Å². The minimum absolute atomic E-state index is 0.0552. The summed E-state index contributed by atoms with van der Waals surface area (Å²) < 4.78 is 51.1. The summed E-state index contributed by atoms with van der Waals surface area (Å²) in [5.74, 6) is -0.763. The van der Waals surface area contributed by atoms with Gasteiger partial charge in [0.1, 0.15) is 11.6 Å². The Hall–Kier alpha value is -3.10. The van der Waals surface area contributed by atoms with Gasteiger partial charge in [-0.3, -0.25) is 23.3 Å². The fourth-order valence-corrected chi connectivity index (χ4v) is 6.88. The first-order chi connectivity index (χ1) is 20.2. The molecule has 0 bridgehead atoms. The number of carbonyl (C=O) groups excluding carboxylic acids is 2. The van der Waals surface area contributed by atoms with Crippen molar-refractivity contribution in [3.05, 3.63) is 89.5 Å². The van der Waals surface area contributed by atoms with E-state index < -0.39 is 54.1 Å². The van der Waals surface area contributed by atoms with Gasteiger partial charge in [-0.15, -0.1) is 0 Å². The van der Waals surface area contributed by atoms with Crippen LogP contribution in [0.2, 0.25) is 0 Å². The zero-order valence-corrected chi connectivity index (χ0v) is 24.5. The zero-order valence-electron chi connectivity index (χ0n) is 21.8. The Balaban J connectivity index is 1.47. The normalized spacial score (nSPS) is 20.7. The fraction of sp³-hybridized carbons (Fsp3) is 0.208. The fourth-order valence-electron chi connectivity index (χ4n) is 3.97. The Bertz CT molecular complexity index is 1600. The molecule has 16 nitrogen and oxygen atoms in total. The Morgan fingerprint density at radius 1 is 0.837 bits per heavy atom. The Labute approximate surface area is 244 Å². The Morgan fingerprint density at radius 2 is 1.42 bits per heavy atom. The number of carbonyl (C=O) groups is 2. The van der Waals surface area contributed by atoms with Crippen molar-refractivity contribution in [3.63, 3.8) is 0 Å². The summed E-state index contributed by atoms with van der Waals surface area (Å²) in [5.41, 5.74) is 1.09. The van der Waals surface area contributed by atoms with Crippen LogP contribution in [-0.2, 0) is 31.6 Å². The number of aromatic nitrogens is 1. The molecule has 0 radical (unpaired) electrons. The van der Waals surface area contributed by atoms with Crippen molar-refractivity contribution < 1.29 is 60.7 Å². The van der Waals surface area contributed by atoms with Crippen LogP contribution in [0, 0.1) is 0 Å². The molecule has 0 spiro atoms. The van der Waals surface area contributed by atoms with Crippen molar-refractivity contribution in [3.8, 4) is 0 Å². The number of anilines is 2. The number of hydrogen-bond acceptors (Lipinski definition) is 13. The number of ether oxygens (including phenoxy) is 1. The molecule has 3 aromatic rings. The van der Waals surface area contributed by atoms with Gasteiger partial charge >= 0.3 is 0 Å². The zero-order chi connectivity index (χ0) is 31.3. The number of benzene rings is 2. The van der Waals surface area contributed by atoms with E-state index in [1.807, 2.05) is 0 Å². The number of amides is 2. The van der Waals surface area contributed by atoms with Gasteiger partial charge in [0.15, 0.2) is 0 Å². The molecule has 1 saturated heterocycles. The Kier molecular flexibility index (Phi) is 10.4. The lowest BCUT2D eigenvalue weighted by atomic mass is 10.1. The summed E-state index contributed by atoms with van der Waals surface area (Å²) in [6, 6.07) is 19.7. The molecule has 2 heterocycles. The lowest BCUT2D eigenvalue weighted by Gasteiger charge is -2.32. The molecule has 3 unspecified atom stereocenters. The van der Waals surface area contributed by atoms with Crippen LogP contribution in [0.1, 0.15) is 45.2 Å². The van der Waals surface area contributed by atoms with E-state index in [1.54, 1.807) is 66.7 Å². The lowest BCUT2D eigenvalue weighted by molar-refractivity contribution is -0.250. The summed E-state index contributed by atoms with van der Waals surface area (Å²) in [7, 11) is -17.6. The van der Waals surface area contributed by atoms with Gasteiger partial charge in [0.2, 0.25) is 0 Å². The number of phosphoric acid groups is 3. The molecule has 4 rings (SSSR count). The number of nitrogens with one attached hydrogen (secondary N) is 2. The lowest BCUT2D eigenvalue weighted by Crippen LogP contribution is -2.20. The number of pyridine rings is 1. The maximum absolute atomic E-state index is 12.9. The van der Waals surface area contributed by atoms with Gasteiger partial charge in [0, 0.05) is 16.7 Å². The molecule has 0 aliphatic carbocycles. The first kappa shape index (κ1) is 32.8. The quantitative estimate of drug-likeness (QED) is 0.237. The van der Waals surface area contributed by atoms with Gasteiger partial charge in [0.25, 0.3) is 35.3 Å². The third-order valence-corrected chi connectivity index (χ3v) is 9.44. The Morgan fingerprint density at radius 3 is 2.00 bits per heavy atom. The van der Waals surface area contributed by atoms with Crippen molar-refractivity contribution in [2.75, 3.05) is 17.2 Å². The molecule has 1 aromatic heterocycles. The summed E-state index contributed by atoms with van der Waals surface area (Å²) in [6.07, 6.45) is -1.16. The topological polar surface area (TPSA) is 249 Å². The molecule has 5 atom stereocenters. The SMILES string of the molecule is O=C(Nc1ccc([C@H]2CC[C@@H](COP(=O)([O-])OP(=O)([O-])OP(=O)([O-])O)O2)c(NC(=O)c2ccccc2)n1)c1ccccc1. The molecule has 230 valence electrons.